The summed E-state index contributed by atoms with van der Waals surface area (Å²) in [4.78, 5) is 16.3. The molecule has 0 atom stereocenters. The summed E-state index contributed by atoms with van der Waals surface area (Å²) in [5.41, 5.74) is 0.979. The second kappa shape index (κ2) is 7.16. The largest absolute Gasteiger partial charge is 0.506 e. The second-order valence-corrected chi connectivity index (χ2v) is 5.89. The Balaban J connectivity index is 2.49. The van der Waals surface area contributed by atoms with Gasteiger partial charge in [0.2, 0.25) is 0 Å². The molecule has 0 saturated heterocycles. The molecular formula is C16H17Cl2NO3. The lowest BCUT2D eigenvalue weighted by atomic mass is 10.1. The summed E-state index contributed by atoms with van der Waals surface area (Å²) in [5, 5.41) is 11.2. The Morgan fingerprint density at radius 2 is 2.14 bits per heavy atom. The first-order valence-electron chi connectivity index (χ1n) is 7.03. The third-order valence-electron chi connectivity index (χ3n) is 3.19. The Labute approximate surface area is 139 Å². The molecule has 0 bridgehead atoms. The molecule has 4 nitrogen and oxygen atoms in total. The van der Waals surface area contributed by atoms with Crippen molar-refractivity contribution in [1.29, 1.82) is 0 Å². The molecular weight excluding hydrogens is 325 g/mol. The normalized spacial score (nSPS) is 15.8. The number of hydrogen-bond acceptors (Lipinski definition) is 4. The van der Waals surface area contributed by atoms with E-state index in [0.29, 0.717) is 15.6 Å². The molecule has 0 radical (unpaired) electrons. The summed E-state index contributed by atoms with van der Waals surface area (Å²) in [6.45, 7) is 3.67. The third-order valence-corrected chi connectivity index (χ3v) is 3.91. The van der Waals surface area contributed by atoms with E-state index in [1.54, 1.807) is 19.9 Å². The van der Waals surface area contributed by atoms with Gasteiger partial charge in [0.25, 0.3) is 0 Å². The van der Waals surface area contributed by atoms with E-state index in [2.05, 4.69) is 4.99 Å². The lowest BCUT2D eigenvalue weighted by molar-refractivity contribution is -0.137. The van der Waals surface area contributed by atoms with Gasteiger partial charge in [0.15, 0.2) is 0 Å². The van der Waals surface area contributed by atoms with Gasteiger partial charge in [-0.15, -0.1) is 0 Å². The van der Waals surface area contributed by atoms with E-state index in [-0.39, 0.29) is 29.5 Å². The van der Waals surface area contributed by atoms with Gasteiger partial charge in [0.05, 0.1) is 17.7 Å². The van der Waals surface area contributed by atoms with Crippen LogP contribution in [0.2, 0.25) is 10.0 Å². The monoisotopic (exact) mass is 341 g/mol. The van der Waals surface area contributed by atoms with Gasteiger partial charge < -0.3 is 9.84 Å². The number of benzene rings is 1. The van der Waals surface area contributed by atoms with Gasteiger partial charge in [0.1, 0.15) is 11.3 Å². The van der Waals surface area contributed by atoms with Crippen molar-refractivity contribution in [2.45, 2.75) is 32.7 Å². The number of aliphatic hydroxyl groups excluding tert-OH is 1. The summed E-state index contributed by atoms with van der Waals surface area (Å²) in [6.07, 6.45) is 3.34. The predicted molar refractivity (Wildman–Crippen MR) is 88.9 cm³/mol. The van der Waals surface area contributed by atoms with Crippen LogP contribution in [0.3, 0.4) is 0 Å². The molecule has 2 rings (SSSR count). The fourth-order valence-corrected chi connectivity index (χ4v) is 2.34. The lowest BCUT2D eigenvalue weighted by Gasteiger charge is -2.10. The van der Waals surface area contributed by atoms with Gasteiger partial charge in [-0.25, -0.2) is 4.79 Å². The van der Waals surface area contributed by atoms with Crippen LogP contribution in [0.1, 0.15) is 30.9 Å². The van der Waals surface area contributed by atoms with Crippen molar-refractivity contribution in [3.8, 4) is 0 Å². The topological polar surface area (TPSA) is 58.9 Å². The van der Waals surface area contributed by atoms with Crippen LogP contribution in [0, 0.1) is 6.92 Å². The fourth-order valence-electron chi connectivity index (χ4n) is 1.87. The van der Waals surface area contributed by atoms with E-state index >= 15 is 0 Å². The number of hydrogen-bond donors (Lipinski definition) is 1. The van der Waals surface area contributed by atoms with Crippen molar-refractivity contribution >= 4 is 41.1 Å². The average Bonchev–Trinajstić information content (AvgIpc) is 3.27. The number of carbonyl (C=O) groups is 1. The fraction of sp³-hybridized carbons (Fsp3) is 0.375. The van der Waals surface area contributed by atoms with Crippen molar-refractivity contribution in [1.82, 2.24) is 0 Å². The quantitative estimate of drug-likeness (QED) is 0.374. The van der Waals surface area contributed by atoms with Crippen LogP contribution in [-0.2, 0) is 9.53 Å². The van der Waals surface area contributed by atoms with E-state index in [1.165, 1.54) is 12.3 Å². The Hall–Kier alpha value is -1.52. The molecule has 0 unspecified atom stereocenters. The first kappa shape index (κ1) is 16.8. The van der Waals surface area contributed by atoms with Gasteiger partial charge in [0, 0.05) is 16.8 Å². The molecule has 22 heavy (non-hydrogen) atoms. The minimum absolute atomic E-state index is 0.0164. The molecule has 6 heteroatoms. The number of esters is 1. The van der Waals surface area contributed by atoms with Crippen LogP contribution in [0.4, 0.5) is 0 Å². The Kier molecular flexibility index (Phi) is 5.48. The summed E-state index contributed by atoms with van der Waals surface area (Å²) in [5.74, 6) is -0.920. The highest BCUT2D eigenvalue weighted by molar-refractivity contribution is 6.35. The smallest absolute Gasteiger partial charge is 0.343 e. The molecule has 1 fully saturated rings. The summed E-state index contributed by atoms with van der Waals surface area (Å²) in [6, 6.07) is 3.41. The first-order valence-corrected chi connectivity index (χ1v) is 7.79. The maximum atomic E-state index is 12.1. The van der Waals surface area contributed by atoms with E-state index < -0.39 is 5.97 Å². The summed E-state index contributed by atoms with van der Waals surface area (Å²) >= 11 is 12.2. The number of halogens is 2. The van der Waals surface area contributed by atoms with E-state index in [9.17, 15) is 9.90 Å². The van der Waals surface area contributed by atoms with Crippen molar-refractivity contribution in [3.05, 3.63) is 38.9 Å². The predicted octanol–water partition coefficient (Wildman–Crippen LogP) is 4.37. The van der Waals surface area contributed by atoms with Crippen molar-refractivity contribution in [2.75, 3.05) is 6.61 Å². The van der Waals surface area contributed by atoms with Crippen molar-refractivity contribution in [2.24, 2.45) is 4.99 Å². The molecule has 118 valence electrons. The van der Waals surface area contributed by atoms with Gasteiger partial charge in [-0.3, -0.25) is 4.99 Å². The average molecular weight is 342 g/mol. The standard InChI is InChI=1S/C16H17Cl2NO3/c1-3-22-16(21)13(8-19-11-4-5-11)15(20)12-7-10(17)6-9(2)14(12)18/h6-8,11,20H,3-5H2,1-2H3. The van der Waals surface area contributed by atoms with Crippen LogP contribution < -0.4 is 0 Å². The molecule has 0 spiro atoms. The minimum atomic E-state index is -0.641. The first-order chi connectivity index (χ1) is 10.4. The van der Waals surface area contributed by atoms with E-state index in [0.717, 1.165) is 12.8 Å². The van der Waals surface area contributed by atoms with Gasteiger partial charge in [-0.1, -0.05) is 23.2 Å². The molecule has 1 aliphatic rings. The Morgan fingerprint density at radius 3 is 2.73 bits per heavy atom. The van der Waals surface area contributed by atoms with Gasteiger partial charge in [-0.05, 0) is 44.4 Å². The summed E-state index contributed by atoms with van der Waals surface area (Å²) < 4.78 is 4.98. The van der Waals surface area contributed by atoms with Crippen LogP contribution in [0.5, 0.6) is 0 Å². The van der Waals surface area contributed by atoms with E-state index in [1.807, 2.05) is 0 Å². The van der Waals surface area contributed by atoms with Gasteiger partial charge >= 0.3 is 5.97 Å². The number of ether oxygens (including phenoxy) is 1. The molecule has 0 aromatic heterocycles. The molecule has 0 amide bonds. The van der Waals surface area contributed by atoms with E-state index in [4.69, 9.17) is 27.9 Å². The van der Waals surface area contributed by atoms with Crippen LogP contribution in [-0.4, -0.2) is 29.9 Å². The summed E-state index contributed by atoms with van der Waals surface area (Å²) in [7, 11) is 0. The zero-order chi connectivity index (χ0) is 16.3. The molecule has 0 heterocycles. The Bertz CT molecular complexity index is 649. The highest BCUT2D eigenvalue weighted by Gasteiger charge is 2.23. The Morgan fingerprint density at radius 1 is 1.45 bits per heavy atom. The SMILES string of the molecule is CCOC(=O)C(C=NC1CC1)=C(O)c1cc(Cl)cc(C)c1Cl. The molecule has 0 aliphatic heterocycles. The number of aryl methyl sites for hydroxylation is 1. The zero-order valence-corrected chi connectivity index (χ0v) is 13.9. The maximum Gasteiger partial charge on any atom is 0.343 e. The van der Waals surface area contributed by atoms with Crippen LogP contribution in [0.25, 0.3) is 5.76 Å². The van der Waals surface area contributed by atoms with Crippen molar-refractivity contribution < 1.29 is 14.6 Å². The highest BCUT2D eigenvalue weighted by Crippen LogP contribution is 2.31. The highest BCUT2D eigenvalue weighted by atomic mass is 35.5. The van der Waals surface area contributed by atoms with Crippen LogP contribution in [0.15, 0.2) is 22.7 Å². The number of rotatable bonds is 5. The van der Waals surface area contributed by atoms with Crippen molar-refractivity contribution in [3.63, 3.8) is 0 Å². The maximum absolute atomic E-state index is 12.1. The third kappa shape index (κ3) is 4.02. The minimum Gasteiger partial charge on any atom is -0.506 e. The number of aliphatic imine (C=N–C) groups is 1. The number of carbonyl (C=O) groups excluding carboxylic acids is 1. The molecule has 1 aliphatic carbocycles. The lowest BCUT2D eigenvalue weighted by Crippen LogP contribution is -2.12. The second-order valence-electron chi connectivity index (χ2n) is 5.08. The molecule has 1 aromatic rings. The molecule has 1 saturated carbocycles. The molecule has 1 aromatic carbocycles. The number of nitrogens with zero attached hydrogens (tertiary/aromatic N) is 1. The molecule has 1 N–H and O–H groups in total. The van der Waals surface area contributed by atoms with Crippen LogP contribution >= 0.6 is 23.2 Å². The number of aliphatic hydroxyl groups is 1. The van der Waals surface area contributed by atoms with Gasteiger partial charge in [-0.2, -0.15) is 0 Å². The zero-order valence-electron chi connectivity index (χ0n) is 12.4.